The number of aromatic nitrogens is 3. The number of hydrogen-bond donors (Lipinski definition) is 1. The number of amides is 1. The Morgan fingerprint density at radius 1 is 1.25 bits per heavy atom. The van der Waals surface area contributed by atoms with E-state index in [0.717, 1.165) is 47.6 Å². The van der Waals surface area contributed by atoms with E-state index < -0.39 is 0 Å². The maximum atomic E-state index is 12.7. The van der Waals surface area contributed by atoms with Crippen LogP contribution in [0.3, 0.4) is 0 Å². The van der Waals surface area contributed by atoms with Gasteiger partial charge in [0.2, 0.25) is 5.91 Å². The van der Waals surface area contributed by atoms with Gasteiger partial charge in [0, 0.05) is 38.2 Å². The molecule has 0 radical (unpaired) electrons. The molecule has 1 atom stereocenters. The number of nitrogens with one attached hydrogen (secondary N) is 1. The molecule has 36 heavy (non-hydrogen) atoms. The molecule has 4 heterocycles. The van der Waals surface area contributed by atoms with E-state index >= 15 is 0 Å². The fourth-order valence-corrected chi connectivity index (χ4v) is 5.20. The molecule has 5 rings (SSSR count). The van der Waals surface area contributed by atoms with Gasteiger partial charge in [-0.3, -0.25) is 10.2 Å². The van der Waals surface area contributed by atoms with Gasteiger partial charge in [0.05, 0.1) is 37.0 Å². The van der Waals surface area contributed by atoms with Crippen molar-refractivity contribution in [1.29, 1.82) is 0 Å². The number of pyridine rings is 1. The Hall–Kier alpha value is -3.46. The first kappa shape index (κ1) is 24.2. The molecule has 0 aliphatic carbocycles. The van der Waals surface area contributed by atoms with E-state index in [1.165, 1.54) is 5.56 Å². The average Bonchev–Trinajstić information content (AvgIpc) is 3.36. The molecular formula is C27H35N7O2. The average molecular weight is 490 g/mol. The minimum Gasteiger partial charge on any atom is -0.378 e. The van der Waals surface area contributed by atoms with E-state index in [2.05, 4.69) is 45.1 Å². The number of carbonyl (C=O) groups excluding carboxylic acids is 1. The van der Waals surface area contributed by atoms with Crippen LogP contribution in [-0.4, -0.2) is 70.4 Å². The van der Waals surface area contributed by atoms with Crippen molar-refractivity contribution in [1.82, 2.24) is 19.4 Å². The lowest BCUT2D eigenvalue weighted by atomic mass is 9.90. The highest BCUT2D eigenvalue weighted by molar-refractivity contribution is 5.99. The fraction of sp³-hybridized carbons (Fsp3) is 0.481. The van der Waals surface area contributed by atoms with Crippen molar-refractivity contribution in [3.8, 4) is 0 Å². The molecule has 190 valence electrons. The Morgan fingerprint density at radius 3 is 2.72 bits per heavy atom. The molecule has 1 aromatic carbocycles. The number of rotatable bonds is 6. The molecule has 2 aromatic heterocycles. The van der Waals surface area contributed by atoms with Crippen molar-refractivity contribution >= 4 is 34.3 Å². The molecular weight excluding hydrogens is 454 g/mol. The number of hydrogen-bond acceptors (Lipinski definition) is 7. The standard InChI is InChI=1S/C27H35N7O2/c1-18-7-6-8-20(13-18)19(2)30-31-23-14-22(33-9-11-36-12-10-33)24-25(29-23)34(17-28-24)16-21-15-27(3,4)26(35)32(21)5/h6-8,13-14,17,21H,9-12,15-16H2,1-5H3,(H,29,31)/b30-19+/t21-/m0/s1. The molecule has 2 fully saturated rings. The lowest BCUT2D eigenvalue weighted by Crippen LogP contribution is -2.36. The largest absolute Gasteiger partial charge is 0.378 e. The lowest BCUT2D eigenvalue weighted by Gasteiger charge is -2.29. The van der Waals surface area contributed by atoms with Crippen molar-refractivity contribution in [2.24, 2.45) is 10.5 Å². The molecule has 0 spiro atoms. The van der Waals surface area contributed by atoms with Gasteiger partial charge in [-0.1, -0.05) is 43.7 Å². The minimum atomic E-state index is -0.350. The molecule has 2 saturated heterocycles. The first-order chi connectivity index (χ1) is 17.2. The molecule has 1 N–H and O–H groups in total. The summed E-state index contributed by atoms with van der Waals surface area (Å²) in [5, 5.41) is 4.64. The number of ether oxygens (including phenoxy) is 1. The zero-order valence-electron chi connectivity index (χ0n) is 21.8. The second kappa shape index (κ2) is 9.54. The highest BCUT2D eigenvalue weighted by Gasteiger charge is 2.43. The number of aryl methyl sites for hydroxylation is 1. The molecule has 1 amide bonds. The quantitative estimate of drug-likeness (QED) is 0.420. The number of fused-ring (bicyclic) bond motifs is 1. The molecule has 2 aliphatic rings. The number of benzene rings is 1. The summed E-state index contributed by atoms with van der Waals surface area (Å²) in [5.74, 6) is 0.844. The van der Waals surface area contributed by atoms with Gasteiger partial charge in [0.1, 0.15) is 5.52 Å². The SMILES string of the molecule is C/C(=N\Nc1cc(N2CCOCC2)c2ncn(C[C@@H]3CC(C)(C)C(=O)N3C)c2n1)c1cccc(C)c1. The first-order valence-electron chi connectivity index (χ1n) is 12.6. The summed E-state index contributed by atoms with van der Waals surface area (Å²) in [6.07, 6.45) is 2.65. The Labute approximate surface area is 212 Å². The molecule has 0 unspecified atom stereocenters. The van der Waals surface area contributed by atoms with Gasteiger partial charge in [-0.2, -0.15) is 5.10 Å². The minimum absolute atomic E-state index is 0.0942. The monoisotopic (exact) mass is 489 g/mol. The summed E-state index contributed by atoms with van der Waals surface area (Å²) in [5.41, 5.74) is 8.64. The lowest BCUT2D eigenvalue weighted by molar-refractivity contribution is -0.134. The van der Waals surface area contributed by atoms with E-state index in [1.54, 1.807) is 0 Å². The maximum Gasteiger partial charge on any atom is 0.228 e. The fourth-order valence-electron chi connectivity index (χ4n) is 5.20. The number of hydrazone groups is 1. The van der Waals surface area contributed by atoms with E-state index in [0.29, 0.717) is 25.6 Å². The third-order valence-electron chi connectivity index (χ3n) is 7.28. The normalized spacial score (nSPS) is 20.4. The third-order valence-corrected chi connectivity index (χ3v) is 7.28. The predicted octanol–water partition coefficient (Wildman–Crippen LogP) is 3.67. The van der Waals surface area contributed by atoms with E-state index in [4.69, 9.17) is 14.7 Å². The van der Waals surface area contributed by atoms with Crippen molar-refractivity contribution in [3.05, 3.63) is 47.8 Å². The van der Waals surface area contributed by atoms with Crippen LogP contribution in [0, 0.1) is 12.3 Å². The Balaban J connectivity index is 1.49. The number of likely N-dealkylation sites (tertiary alicyclic amines) is 1. The van der Waals surface area contributed by atoms with E-state index in [-0.39, 0.29) is 17.4 Å². The van der Waals surface area contributed by atoms with Gasteiger partial charge in [0.25, 0.3) is 0 Å². The van der Waals surface area contributed by atoms with Crippen LogP contribution in [0.15, 0.2) is 41.8 Å². The highest BCUT2D eigenvalue weighted by Crippen LogP contribution is 2.36. The van der Waals surface area contributed by atoms with Crippen molar-refractivity contribution < 1.29 is 9.53 Å². The molecule has 2 aliphatic heterocycles. The second-order valence-corrected chi connectivity index (χ2v) is 10.5. The van der Waals surface area contributed by atoms with Gasteiger partial charge in [-0.25, -0.2) is 9.97 Å². The van der Waals surface area contributed by atoms with Crippen molar-refractivity contribution in [2.45, 2.75) is 46.7 Å². The number of carbonyl (C=O) groups is 1. The summed E-state index contributed by atoms with van der Waals surface area (Å²) >= 11 is 0. The van der Waals surface area contributed by atoms with Crippen molar-refractivity contribution in [3.63, 3.8) is 0 Å². The zero-order chi connectivity index (χ0) is 25.4. The summed E-state index contributed by atoms with van der Waals surface area (Å²) in [4.78, 5) is 26.5. The second-order valence-electron chi connectivity index (χ2n) is 10.5. The van der Waals surface area contributed by atoms with E-state index in [9.17, 15) is 4.79 Å². The van der Waals surface area contributed by atoms with Gasteiger partial charge < -0.3 is 19.1 Å². The maximum absolute atomic E-state index is 12.7. The van der Waals surface area contributed by atoms with Crippen LogP contribution in [-0.2, 0) is 16.1 Å². The molecule has 9 heteroatoms. The summed E-state index contributed by atoms with van der Waals surface area (Å²) in [7, 11) is 1.89. The van der Waals surface area contributed by atoms with Crippen LogP contribution in [0.2, 0.25) is 0 Å². The first-order valence-corrected chi connectivity index (χ1v) is 12.6. The van der Waals surface area contributed by atoms with Crippen LogP contribution in [0.1, 0.15) is 38.3 Å². The molecule has 0 saturated carbocycles. The number of anilines is 2. The van der Waals surface area contributed by atoms with Gasteiger partial charge in [-0.05, 0) is 25.8 Å². The van der Waals surface area contributed by atoms with Crippen LogP contribution >= 0.6 is 0 Å². The summed E-state index contributed by atoms with van der Waals surface area (Å²) in [6, 6.07) is 10.4. The van der Waals surface area contributed by atoms with Gasteiger partial charge >= 0.3 is 0 Å². The molecule has 9 nitrogen and oxygen atoms in total. The van der Waals surface area contributed by atoms with E-state index in [1.807, 2.05) is 51.2 Å². The zero-order valence-corrected chi connectivity index (χ0v) is 21.8. The third kappa shape index (κ3) is 4.67. The number of likely N-dealkylation sites (N-methyl/N-ethyl adjacent to an activating group) is 1. The smallest absolute Gasteiger partial charge is 0.228 e. The van der Waals surface area contributed by atoms with Crippen molar-refractivity contribution in [2.75, 3.05) is 43.7 Å². The number of imidazole rings is 1. The number of morpholine rings is 1. The van der Waals surface area contributed by atoms with Crippen LogP contribution in [0.25, 0.3) is 11.2 Å². The predicted molar refractivity (Wildman–Crippen MR) is 143 cm³/mol. The van der Waals surface area contributed by atoms with Gasteiger partial charge in [0.15, 0.2) is 11.5 Å². The highest BCUT2D eigenvalue weighted by atomic mass is 16.5. The number of nitrogens with zero attached hydrogens (tertiary/aromatic N) is 6. The van der Waals surface area contributed by atoms with Gasteiger partial charge in [-0.15, -0.1) is 0 Å². The Bertz CT molecular complexity index is 1310. The Morgan fingerprint density at radius 2 is 2.03 bits per heavy atom. The Kier molecular flexibility index (Phi) is 6.42. The van der Waals surface area contributed by atoms with Crippen LogP contribution in [0.4, 0.5) is 11.5 Å². The topological polar surface area (TPSA) is 87.9 Å². The van der Waals surface area contributed by atoms with Crippen LogP contribution < -0.4 is 10.3 Å². The van der Waals surface area contributed by atoms with Crippen LogP contribution in [0.5, 0.6) is 0 Å². The summed E-state index contributed by atoms with van der Waals surface area (Å²) in [6.45, 7) is 11.7. The molecule has 3 aromatic rings. The summed E-state index contributed by atoms with van der Waals surface area (Å²) < 4.78 is 7.65. The molecule has 0 bridgehead atoms.